The van der Waals surface area contributed by atoms with E-state index in [9.17, 15) is 13.2 Å². The number of alkyl halides is 3. The van der Waals surface area contributed by atoms with Crippen LogP contribution in [0, 0.1) is 0 Å². The average Bonchev–Trinajstić information content (AvgIpc) is 2.95. The Morgan fingerprint density at radius 3 is 2.62 bits per heavy atom. The summed E-state index contributed by atoms with van der Waals surface area (Å²) < 4.78 is 43.0. The Balaban J connectivity index is 1.95. The molecule has 86 valence electrons. The van der Waals surface area contributed by atoms with E-state index in [1.165, 1.54) is 6.07 Å². The van der Waals surface area contributed by atoms with Crippen LogP contribution >= 0.6 is 0 Å². The topological polar surface area (TPSA) is 21.3 Å². The molecule has 1 aromatic rings. The molecule has 1 heterocycles. The van der Waals surface area contributed by atoms with Crippen LogP contribution in [0.2, 0.25) is 0 Å². The van der Waals surface area contributed by atoms with Crippen LogP contribution in [0.3, 0.4) is 0 Å². The minimum atomic E-state index is -4.30. The zero-order valence-electron chi connectivity index (χ0n) is 8.40. The van der Waals surface area contributed by atoms with Crippen LogP contribution in [-0.2, 0) is 6.18 Å². The number of hydrogen-bond acceptors (Lipinski definition) is 2. The van der Waals surface area contributed by atoms with Gasteiger partial charge < -0.3 is 10.1 Å². The molecular weight excluding hydrogens is 219 g/mol. The molecule has 1 saturated carbocycles. The van der Waals surface area contributed by atoms with E-state index >= 15 is 0 Å². The molecule has 0 unspecified atom stereocenters. The highest BCUT2D eigenvalue weighted by atomic mass is 19.4. The summed E-state index contributed by atoms with van der Waals surface area (Å²) in [5.74, 6) is 0.525. The number of fused-ring (bicyclic) bond motifs is 1. The third kappa shape index (κ3) is 1.50. The molecule has 5 heteroatoms. The summed E-state index contributed by atoms with van der Waals surface area (Å²) in [5.41, 5.74) is -0.353. The first kappa shape index (κ1) is 9.81. The van der Waals surface area contributed by atoms with Crippen LogP contribution in [0.15, 0.2) is 18.2 Å². The number of rotatable bonds is 0. The Bertz CT molecular complexity index is 437. The second kappa shape index (κ2) is 2.84. The van der Waals surface area contributed by atoms with E-state index in [0.29, 0.717) is 18.0 Å². The van der Waals surface area contributed by atoms with Gasteiger partial charge in [0.1, 0.15) is 11.4 Å². The van der Waals surface area contributed by atoms with E-state index in [0.717, 1.165) is 25.0 Å². The smallest absolute Gasteiger partial charge is 0.416 e. The van der Waals surface area contributed by atoms with Gasteiger partial charge in [0.2, 0.25) is 0 Å². The molecule has 0 aromatic heterocycles. The zero-order valence-corrected chi connectivity index (χ0v) is 8.40. The lowest BCUT2D eigenvalue weighted by Gasteiger charge is -2.27. The third-order valence-corrected chi connectivity index (χ3v) is 3.04. The van der Waals surface area contributed by atoms with Crippen LogP contribution in [0.5, 0.6) is 5.75 Å². The normalized spacial score (nSPS) is 20.9. The molecule has 0 saturated heterocycles. The van der Waals surface area contributed by atoms with Crippen molar-refractivity contribution in [1.29, 1.82) is 0 Å². The second-order valence-corrected chi connectivity index (χ2v) is 4.35. The van der Waals surface area contributed by atoms with Gasteiger partial charge in [-0.25, -0.2) is 0 Å². The zero-order chi connectivity index (χ0) is 11.4. The van der Waals surface area contributed by atoms with Gasteiger partial charge in [0, 0.05) is 0 Å². The van der Waals surface area contributed by atoms with Crippen molar-refractivity contribution in [1.82, 2.24) is 0 Å². The second-order valence-electron chi connectivity index (χ2n) is 4.35. The highest BCUT2D eigenvalue weighted by molar-refractivity contribution is 5.61. The van der Waals surface area contributed by atoms with E-state index in [-0.39, 0.29) is 5.60 Å². The molecule has 1 aromatic carbocycles. The summed E-state index contributed by atoms with van der Waals surface area (Å²) in [5, 5.41) is 3.00. The summed E-state index contributed by atoms with van der Waals surface area (Å²) in [6.07, 6.45) is -2.35. The summed E-state index contributed by atoms with van der Waals surface area (Å²) in [4.78, 5) is 0. The quantitative estimate of drug-likeness (QED) is 0.738. The van der Waals surface area contributed by atoms with Gasteiger partial charge in [0.25, 0.3) is 0 Å². The van der Waals surface area contributed by atoms with Gasteiger partial charge in [0.05, 0.1) is 17.8 Å². The maximum atomic E-state index is 12.5. The maximum Gasteiger partial charge on any atom is 0.416 e. The van der Waals surface area contributed by atoms with Gasteiger partial charge >= 0.3 is 6.18 Å². The monoisotopic (exact) mass is 229 g/mol. The van der Waals surface area contributed by atoms with Crippen molar-refractivity contribution in [3.05, 3.63) is 23.8 Å². The number of nitrogens with one attached hydrogen (secondary N) is 1. The average molecular weight is 229 g/mol. The van der Waals surface area contributed by atoms with E-state index in [2.05, 4.69) is 5.32 Å². The molecule has 1 spiro atoms. The molecule has 0 atom stereocenters. The lowest BCUT2D eigenvalue weighted by molar-refractivity contribution is -0.137. The van der Waals surface area contributed by atoms with Crippen molar-refractivity contribution in [2.45, 2.75) is 24.6 Å². The number of ether oxygens (including phenoxy) is 1. The van der Waals surface area contributed by atoms with E-state index in [1.807, 2.05) is 0 Å². The van der Waals surface area contributed by atoms with Crippen molar-refractivity contribution in [3.8, 4) is 5.75 Å². The molecule has 3 rings (SSSR count). The Labute approximate surface area is 90.4 Å². The Morgan fingerprint density at radius 1 is 1.25 bits per heavy atom. The SMILES string of the molecule is FC(F)(F)c1ccc2c(c1)NCC1(CC1)O2. The van der Waals surface area contributed by atoms with Crippen molar-refractivity contribution >= 4 is 5.69 Å². The molecule has 1 fully saturated rings. The first-order chi connectivity index (χ1) is 7.49. The maximum absolute atomic E-state index is 12.5. The van der Waals surface area contributed by atoms with Crippen LogP contribution in [0.4, 0.5) is 18.9 Å². The summed E-state index contributed by atoms with van der Waals surface area (Å²) in [7, 11) is 0. The van der Waals surface area contributed by atoms with Crippen LogP contribution in [0.25, 0.3) is 0 Å². The largest absolute Gasteiger partial charge is 0.483 e. The van der Waals surface area contributed by atoms with Gasteiger partial charge in [-0.2, -0.15) is 13.2 Å². The number of anilines is 1. The molecule has 2 aliphatic rings. The van der Waals surface area contributed by atoms with Crippen molar-refractivity contribution in [2.24, 2.45) is 0 Å². The third-order valence-electron chi connectivity index (χ3n) is 3.04. The molecule has 1 aliphatic heterocycles. The number of halogens is 3. The van der Waals surface area contributed by atoms with Crippen molar-refractivity contribution in [2.75, 3.05) is 11.9 Å². The molecule has 0 radical (unpaired) electrons. The summed E-state index contributed by atoms with van der Waals surface area (Å²) >= 11 is 0. The Hall–Kier alpha value is -1.39. The van der Waals surface area contributed by atoms with Gasteiger partial charge in [-0.15, -0.1) is 0 Å². The van der Waals surface area contributed by atoms with Crippen LogP contribution < -0.4 is 10.1 Å². The van der Waals surface area contributed by atoms with Gasteiger partial charge in [-0.3, -0.25) is 0 Å². The Morgan fingerprint density at radius 2 is 2.00 bits per heavy atom. The molecule has 0 bridgehead atoms. The first-order valence-electron chi connectivity index (χ1n) is 5.13. The van der Waals surface area contributed by atoms with Gasteiger partial charge in [-0.05, 0) is 31.0 Å². The molecule has 0 amide bonds. The lowest BCUT2D eigenvalue weighted by Crippen LogP contribution is -2.32. The predicted molar refractivity (Wildman–Crippen MR) is 52.5 cm³/mol. The molecule has 1 N–H and O–H groups in total. The highest BCUT2D eigenvalue weighted by Crippen LogP contribution is 2.46. The summed E-state index contributed by atoms with van der Waals surface area (Å²) in [6, 6.07) is 3.55. The Kier molecular flexibility index (Phi) is 1.74. The molecule has 2 nitrogen and oxygen atoms in total. The fourth-order valence-corrected chi connectivity index (χ4v) is 1.88. The number of hydrogen-bond donors (Lipinski definition) is 1. The molecule has 1 aliphatic carbocycles. The molecule has 16 heavy (non-hydrogen) atoms. The van der Waals surface area contributed by atoms with E-state index in [4.69, 9.17) is 4.74 Å². The van der Waals surface area contributed by atoms with Gasteiger partial charge in [-0.1, -0.05) is 0 Å². The van der Waals surface area contributed by atoms with Gasteiger partial charge in [0.15, 0.2) is 0 Å². The van der Waals surface area contributed by atoms with Crippen molar-refractivity contribution < 1.29 is 17.9 Å². The van der Waals surface area contributed by atoms with Crippen molar-refractivity contribution in [3.63, 3.8) is 0 Å². The van der Waals surface area contributed by atoms with E-state index < -0.39 is 11.7 Å². The standard InChI is InChI=1S/C11H10F3NO/c12-11(13,14)7-1-2-9-8(5-7)15-6-10(16-9)3-4-10/h1-2,5,15H,3-4,6H2. The highest BCUT2D eigenvalue weighted by Gasteiger charge is 2.48. The lowest BCUT2D eigenvalue weighted by atomic mass is 10.1. The number of benzene rings is 1. The fraction of sp³-hybridized carbons (Fsp3) is 0.455. The van der Waals surface area contributed by atoms with Crippen LogP contribution in [0.1, 0.15) is 18.4 Å². The minimum absolute atomic E-state index is 0.146. The summed E-state index contributed by atoms with van der Waals surface area (Å²) in [6.45, 7) is 0.599. The molecular formula is C11H10F3NO. The van der Waals surface area contributed by atoms with E-state index in [1.54, 1.807) is 0 Å². The van der Waals surface area contributed by atoms with Crippen LogP contribution in [-0.4, -0.2) is 12.1 Å². The first-order valence-corrected chi connectivity index (χ1v) is 5.13. The fourth-order valence-electron chi connectivity index (χ4n) is 1.88. The minimum Gasteiger partial charge on any atom is -0.483 e. The predicted octanol–water partition coefficient (Wildman–Crippen LogP) is 3.04.